The summed E-state index contributed by atoms with van der Waals surface area (Å²) in [5.74, 6) is 2.27. The molecule has 4 saturated heterocycles. The van der Waals surface area contributed by atoms with E-state index >= 15 is 0 Å². The number of carbonyl (C=O) groups excluding carboxylic acids is 1. The topological polar surface area (TPSA) is 107 Å². The van der Waals surface area contributed by atoms with Crippen LogP contribution in [0, 0.1) is 11.3 Å². The van der Waals surface area contributed by atoms with E-state index < -0.39 is 0 Å². The number of hydrogen-bond donors (Lipinski definition) is 2. The van der Waals surface area contributed by atoms with Gasteiger partial charge >= 0.3 is 0 Å². The summed E-state index contributed by atoms with van der Waals surface area (Å²) < 4.78 is 7.50. The third-order valence-electron chi connectivity index (χ3n) is 11.8. The van der Waals surface area contributed by atoms with Crippen LogP contribution in [0.5, 0.6) is 5.88 Å². The van der Waals surface area contributed by atoms with E-state index in [2.05, 4.69) is 75.8 Å². The van der Waals surface area contributed by atoms with Gasteiger partial charge in [-0.05, 0) is 100 Å². The molecule has 49 heavy (non-hydrogen) atoms. The van der Waals surface area contributed by atoms with Gasteiger partial charge in [-0.25, -0.2) is 15.4 Å². The number of amides is 1. The average Bonchev–Trinajstić information content (AvgIpc) is 3.92. The summed E-state index contributed by atoms with van der Waals surface area (Å²) in [7, 11) is 1.88. The Morgan fingerprint density at radius 3 is 2.51 bits per heavy atom. The van der Waals surface area contributed by atoms with Crippen LogP contribution in [0.2, 0.25) is 0 Å². The van der Waals surface area contributed by atoms with Gasteiger partial charge in [0.2, 0.25) is 11.8 Å². The second-order valence-corrected chi connectivity index (χ2v) is 15.4. The van der Waals surface area contributed by atoms with E-state index in [1.807, 2.05) is 33.2 Å². The molecule has 2 N–H and O–H groups in total. The van der Waals surface area contributed by atoms with Crippen LogP contribution < -0.4 is 20.5 Å². The standard InChI is InChI=1S/C37H52N10O2/c1-26(2)49-33-11-6-28(21-38-33)35-31-20-30(9-10-32(31)40-41-35)47-15-13-37(24-47)12-14-44(23-37)22-34(48)46-18-16-45(17-19-46)29-7-4-27(5-8-29)36-39-25-43(3)42-36/h4-8,11,21,25-26,30-32,35,40-41H,9-10,12-20,22-24H2,1-3H3. The lowest BCUT2D eigenvalue weighted by molar-refractivity contribution is -0.132. The van der Waals surface area contributed by atoms with Gasteiger partial charge in [0.15, 0.2) is 5.82 Å². The zero-order valence-corrected chi connectivity index (χ0v) is 29.3. The van der Waals surface area contributed by atoms with Crippen molar-refractivity contribution in [1.29, 1.82) is 0 Å². The largest absolute Gasteiger partial charge is 0.475 e. The summed E-state index contributed by atoms with van der Waals surface area (Å²) in [6.07, 6.45) is 9.94. The van der Waals surface area contributed by atoms with Gasteiger partial charge in [0.25, 0.3) is 0 Å². The minimum atomic E-state index is 0.123. The maximum absolute atomic E-state index is 13.5. The minimum absolute atomic E-state index is 0.123. The lowest BCUT2D eigenvalue weighted by Crippen LogP contribution is -2.51. The first-order valence-corrected chi connectivity index (χ1v) is 18.4. The van der Waals surface area contributed by atoms with Crippen molar-refractivity contribution in [3.05, 3.63) is 54.5 Å². The molecule has 5 unspecified atom stereocenters. The second-order valence-electron chi connectivity index (χ2n) is 15.4. The van der Waals surface area contributed by atoms with Gasteiger partial charge in [-0.3, -0.25) is 24.7 Å². The zero-order chi connectivity index (χ0) is 33.5. The molecule has 8 rings (SSSR count). The SMILES string of the molecule is CC(C)Oc1ccc(C2NNC3CCC(N4CCC5(CCN(CC(=O)N6CCN(c7ccc(-c8ncn(C)n8)cc7)CC6)C5)C4)CC32)cn1. The smallest absolute Gasteiger partial charge is 0.236 e. The Labute approximate surface area is 290 Å². The third kappa shape index (κ3) is 6.93. The molecule has 4 aliphatic heterocycles. The number of carbonyl (C=O) groups is 1. The van der Waals surface area contributed by atoms with Crippen molar-refractivity contribution in [3.63, 3.8) is 0 Å². The summed E-state index contributed by atoms with van der Waals surface area (Å²) in [6.45, 7) is 12.3. The third-order valence-corrected chi connectivity index (χ3v) is 11.8. The van der Waals surface area contributed by atoms with Gasteiger partial charge < -0.3 is 14.5 Å². The van der Waals surface area contributed by atoms with Crippen molar-refractivity contribution in [2.45, 2.75) is 70.2 Å². The number of ether oxygens (including phenoxy) is 1. The highest BCUT2D eigenvalue weighted by molar-refractivity contribution is 5.78. The molecule has 5 fully saturated rings. The molecule has 1 aliphatic carbocycles. The molecule has 12 heteroatoms. The van der Waals surface area contributed by atoms with Crippen molar-refractivity contribution in [2.24, 2.45) is 18.4 Å². The Bertz CT molecular complexity index is 1590. The number of anilines is 1. The maximum atomic E-state index is 13.5. The fourth-order valence-corrected chi connectivity index (χ4v) is 9.16. The number of hydrogen-bond acceptors (Lipinski definition) is 10. The number of hydrazine groups is 1. The molecule has 5 aliphatic rings. The van der Waals surface area contributed by atoms with E-state index in [0.717, 1.165) is 50.7 Å². The van der Waals surface area contributed by atoms with E-state index in [-0.39, 0.29) is 18.1 Å². The van der Waals surface area contributed by atoms with Crippen molar-refractivity contribution >= 4 is 11.6 Å². The van der Waals surface area contributed by atoms with E-state index in [4.69, 9.17) is 4.74 Å². The molecule has 3 aromatic rings. The molecule has 1 amide bonds. The summed E-state index contributed by atoms with van der Waals surface area (Å²) in [4.78, 5) is 32.1. The summed E-state index contributed by atoms with van der Waals surface area (Å²) >= 11 is 0. The first-order chi connectivity index (χ1) is 23.8. The van der Waals surface area contributed by atoms with Crippen LogP contribution in [0.3, 0.4) is 0 Å². The highest BCUT2D eigenvalue weighted by Gasteiger charge is 2.48. The van der Waals surface area contributed by atoms with E-state index in [9.17, 15) is 4.79 Å². The van der Waals surface area contributed by atoms with Gasteiger partial charge in [0, 0.05) is 81.9 Å². The Kier molecular flexibility index (Phi) is 9.06. The quantitative estimate of drug-likeness (QED) is 0.372. The Morgan fingerprint density at radius 1 is 0.959 bits per heavy atom. The van der Waals surface area contributed by atoms with Crippen molar-refractivity contribution < 1.29 is 9.53 Å². The van der Waals surface area contributed by atoms with Crippen molar-refractivity contribution in [2.75, 3.05) is 63.8 Å². The Hall–Kier alpha value is -3.58. The zero-order valence-electron chi connectivity index (χ0n) is 29.3. The fourth-order valence-electron chi connectivity index (χ4n) is 9.16. The molecule has 0 bridgehead atoms. The number of benzene rings is 1. The fraction of sp³-hybridized carbons (Fsp3) is 0.622. The first-order valence-electron chi connectivity index (χ1n) is 18.4. The molecule has 1 aromatic carbocycles. The number of rotatable bonds is 8. The van der Waals surface area contributed by atoms with E-state index in [1.165, 1.54) is 56.4 Å². The number of nitrogens with one attached hydrogen (secondary N) is 2. The molecule has 1 saturated carbocycles. The van der Waals surface area contributed by atoms with Gasteiger partial charge in [0.1, 0.15) is 6.33 Å². The monoisotopic (exact) mass is 668 g/mol. The number of fused-ring (bicyclic) bond motifs is 1. The molecule has 6 heterocycles. The molecule has 5 atom stereocenters. The molecular weight excluding hydrogens is 616 g/mol. The predicted octanol–water partition coefficient (Wildman–Crippen LogP) is 3.10. The average molecular weight is 669 g/mol. The van der Waals surface area contributed by atoms with Crippen molar-refractivity contribution in [1.82, 2.24) is 45.3 Å². The highest BCUT2D eigenvalue weighted by Crippen LogP contribution is 2.45. The van der Waals surface area contributed by atoms with Gasteiger partial charge in [-0.2, -0.15) is 5.10 Å². The van der Waals surface area contributed by atoms with Crippen LogP contribution in [-0.2, 0) is 11.8 Å². The molecular formula is C37H52N10O2. The number of likely N-dealkylation sites (tertiary alicyclic amines) is 2. The summed E-state index contributed by atoms with van der Waals surface area (Å²) in [5, 5.41) is 4.41. The second kappa shape index (κ2) is 13.6. The van der Waals surface area contributed by atoms with E-state index in [0.29, 0.717) is 35.8 Å². The van der Waals surface area contributed by atoms with Crippen LogP contribution in [-0.4, -0.2) is 117 Å². The predicted molar refractivity (Wildman–Crippen MR) is 189 cm³/mol. The van der Waals surface area contributed by atoms with Crippen LogP contribution in [0.1, 0.15) is 57.6 Å². The Morgan fingerprint density at radius 2 is 1.78 bits per heavy atom. The minimum Gasteiger partial charge on any atom is -0.475 e. The van der Waals surface area contributed by atoms with Gasteiger partial charge in [-0.1, -0.05) is 6.07 Å². The van der Waals surface area contributed by atoms with Crippen LogP contribution in [0.15, 0.2) is 48.9 Å². The van der Waals surface area contributed by atoms with Crippen LogP contribution >= 0.6 is 0 Å². The molecule has 2 aromatic heterocycles. The van der Waals surface area contributed by atoms with E-state index in [1.54, 1.807) is 11.0 Å². The lowest BCUT2D eigenvalue weighted by Gasteiger charge is -2.39. The molecule has 1 spiro atoms. The lowest BCUT2D eigenvalue weighted by atomic mass is 9.77. The van der Waals surface area contributed by atoms with Crippen molar-refractivity contribution in [3.8, 4) is 17.3 Å². The first kappa shape index (κ1) is 32.6. The highest BCUT2D eigenvalue weighted by atomic mass is 16.5. The number of aryl methyl sites for hydroxylation is 1. The normalized spacial score (nSPS) is 29.3. The number of piperazine rings is 1. The number of pyridine rings is 1. The number of aromatic nitrogens is 4. The van der Waals surface area contributed by atoms with Crippen LogP contribution in [0.4, 0.5) is 5.69 Å². The summed E-state index contributed by atoms with van der Waals surface area (Å²) in [5.41, 5.74) is 11.0. The summed E-state index contributed by atoms with van der Waals surface area (Å²) in [6, 6.07) is 14.0. The number of nitrogens with zero attached hydrogens (tertiary/aromatic N) is 8. The maximum Gasteiger partial charge on any atom is 0.236 e. The molecule has 0 radical (unpaired) electrons. The Balaban J connectivity index is 0.803. The van der Waals surface area contributed by atoms with Gasteiger partial charge in [0.05, 0.1) is 18.7 Å². The molecule has 12 nitrogen and oxygen atoms in total. The van der Waals surface area contributed by atoms with Gasteiger partial charge in [-0.15, -0.1) is 0 Å². The van der Waals surface area contributed by atoms with Crippen LogP contribution in [0.25, 0.3) is 11.4 Å². The molecule has 262 valence electrons.